The van der Waals surface area contributed by atoms with Crippen molar-refractivity contribution in [3.63, 3.8) is 0 Å². The van der Waals surface area contributed by atoms with Crippen LogP contribution < -0.4 is 0 Å². The first-order valence-electron chi connectivity index (χ1n) is 5.86. The largest absolute Gasteiger partial charge is 0.508 e. The maximum atomic E-state index is 9.78. The Labute approximate surface area is 129 Å². The molecule has 3 rings (SSSR count). The number of phenolic OH excluding ortho intramolecular Hbond substituents is 2. The molecule has 1 heterocycles. The van der Waals surface area contributed by atoms with Gasteiger partial charge in [0.25, 0.3) is 5.89 Å². The molecule has 0 amide bonds. The van der Waals surface area contributed by atoms with Crippen molar-refractivity contribution in [2.45, 2.75) is 0 Å². The summed E-state index contributed by atoms with van der Waals surface area (Å²) < 4.78 is 5.12. The van der Waals surface area contributed by atoms with Crippen LogP contribution in [0, 0.1) is 0 Å². The molecule has 2 N–H and O–H groups in total. The van der Waals surface area contributed by atoms with Gasteiger partial charge >= 0.3 is 0 Å². The Morgan fingerprint density at radius 3 is 2.48 bits per heavy atom. The van der Waals surface area contributed by atoms with Crippen molar-refractivity contribution in [2.24, 2.45) is 0 Å². The number of hydrogen-bond donors (Lipinski definition) is 2. The van der Waals surface area contributed by atoms with E-state index in [9.17, 15) is 10.2 Å². The molecule has 5 nitrogen and oxygen atoms in total. The van der Waals surface area contributed by atoms with Crippen LogP contribution in [-0.4, -0.2) is 20.4 Å². The highest BCUT2D eigenvalue weighted by atomic mass is 35.5. The van der Waals surface area contributed by atoms with Crippen LogP contribution in [-0.2, 0) is 0 Å². The third kappa shape index (κ3) is 2.66. The molecule has 3 aromatic rings. The van der Waals surface area contributed by atoms with Gasteiger partial charge in [-0.25, -0.2) is 0 Å². The van der Waals surface area contributed by atoms with E-state index in [0.717, 1.165) is 0 Å². The van der Waals surface area contributed by atoms with Gasteiger partial charge in [-0.1, -0.05) is 28.4 Å². The third-order valence-corrected chi connectivity index (χ3v) is 3.55. The van der Waals surface area contributed by atoms with Gasteiger partial charge in [0.15, 0.2) is 0 Å². The monoisotopic (exact) mass is 322 g/mol. The van der Waals surface area contributed by atoms with Crippen LogP contribution in [0.3, 0.4) is 0 Å². The van der Waals surface area contributed by atoms with Gasteiger partial charge in [0.05, 0.1) is 15.6 Å². The van der Waals surface area contributed by atoms with Crippen LogP contribution in [0.25, 0.3) is 22.8 Å². The molecule has 21 heavy (non-hydrogen) atoms. The molecule has 106 valence electrons. The Kier molecular flexibility index (Phi) is 3.45. The predicted octanol–water partition coefficient (Wildman–Crippen LogP) is 4.12. The average Bonchev–Trinajstić information content (AvgIpc) is 2.91. The SMILES string of the molecule is Oc1ccc(-c2nc(-c3ccc(Cl)c(Cl)c3)no2)c(O)c1. The fraction of sp³-hybridized carbons (Fsp3) is 0. The Bertz CT molecular complexity index is 818. The Morgan fingerprint density at radius 1 is 0.952 bits per heavy atom. The predicted molar refractivity (Wildman–Crippen MR) is 78.5 cm³/mol. The zero-order valence-corrected chi connectivity index (χ0v) is 11.9. The molecule has 0 bridgehead atoms. The van der Waals surface area contributed by atoms with Gasteiger partial charge in [-0.3, -0.25) is 0 Å². The third-order valence-electron chi connectivity index (χ3n) is 2.82. The Balaban J connectivity index is 2.01. The minimum Gasteiger partial charge on any atom is -0.508 e. The van der Waals surface area contributed by atoms with Gasteiger partial charge in [-0.2, -0.15) is 4.98 Å². The quantitative estimate of drug-likeness (QED) is 0.741. The molecule has 0 aliphatic heterocycles. The van der Waals surface area contributed by atoms with Crippen molar-refractivity contribution in [2.75, 3.05) is 0 Å². The van der Waals surface area contributed by atoms with Crippen LogP contribution in [0.2, 0.25) is 10.0 Å². The zero-order valence-electron chi connectivity index (χ0n) is 10.4. The molecule has 7 heteroatoms. The van der Waals surface area contributed by atoms with E-state index < -0.39 is 0 Å². The number of nitrogens with zero attached hydrogens (tertiary/aromatic N) is 2. The molecule has 0 unspecified atom stereocenters. The number of hydrogen-bond acceptors (Lipinski definition) is 5. The summed E-state index contributed by atoms with van der Waals surface area (Å²) >= 11 is 11.8. The molecular weight excluding hydrogens is 315 g/mol. The highest BCUT2D eigenvalue weighted by molar-refractivity contribution is 6.42. The lowest BCUT2D eigenvalue weighted by molar-refractivity contribution is 0.423. The smallest absolute Gasteiger partial charge is 0.262 e. The Hall–Kier alpha value is -2.24. The number of rotatable bonds is 2. The van der Waals surface area contributed by atoms with E-state index in [0.29, 0.717) is 27.0 Å². The van der Waals surface area contributed by atoms with E-state index in [2.05, 4.69) is 10.1 Å². The van der Waals surface area contributed by atoms with Crippen molar-refractivity contribution in [1.29, 1.82) is 0 Å². The maximum absolute atomic E-state index is 9.78. The first-order chi connectivity index (χ1) is 10.0. The van der Waals surface area contributed by atoms with Gasteiger partial charge in [0, 0.05) is 11.6 Å². The van der Waals surface area contributed by atoms with Crippen LogP contribution in [0.15, 0.2) is 40.9 Å². The standard InChI is InChI=1S/C14H8Cl2N2O3/c15-10-4-1-7(5-11(10)16)13-17-14(21-18-13)9-3-2-8(19)6-12(9)20/h1-6,19-20H. The van der Waals surface area contributed by atoms with E-state index in [1.54, 1.807) is 18.2 Å². The zero-order chi connectivity index (χ0) is 15.0. The molecule has 2 aromatic carbocycles. The number of aromatic hydroxyl groups is 2. The summed E-state index contributed by atoms with van der Waals surface area (Å²) in [5, 5.41) is 23.7. The van der Waals surface area contributed by atoms with E-state index in [4.69, 9.17) is 27.7 Å². The maximum Gasteiger partial charge on any atom is 0.262 e. The molecule has 0 spiro atoms. The van der Waals surface area contributed by atoms with Crippen LogP contribution in [0.1, 0.15) is 0 Å². The molecule has 0 atom stereocenters. The van der Waals surface area contributed by atoms with Crippen molar-refractivity contribution in [3.05, 3.63) is 46.4 Å². The van der Waals surface area contributed by atoms with E-state index in [1.807, 2.05) is 0 Å². The Morgan fingerprint density at radius 2 is 1.76 bits per heavy atom. The summed E-state index contributed by atoms with van der Waals surface area (Å²) in [5.41, 5.74) is 0.962. The lowest BCUT2D eigenvalue weighted by Crippen LogP contribution is -1.82. The fourth-order valence-electron chi connectivity index (χ4n) is 1.79. The van der Waals surface area contributed by atoms with Crippen molar-refractivity contribution in [1.82, 2.24) is 10.1 Å². The number of phenols is 2. The van der Waals surface area contributed by atoms with Gasteiger partial charge < -0.3 is 14.7 Å². The van der Waals surface area contributed by atoms with E-state index in [-0.39, 0.29) is 17.4 Å². The molecule has 0 radical (unpaired) electrons. The molecule has 0 saturated carbocycles. The normalized spacial score (nSPS) is 10.8. The van der Waals surface area contributed by atoms with E-state index in [1.165, 1.54) is 18.2 Å². The number of aromatic nitrogens is 2. The second-order valence-electron chi connectivity index (χ2n) is 4.25. The van der Waals surface area contributed by atoms with Crippen molar-refractivity contribution in [3.8, 4) is 34.3 Å². The van der Waals surface area contributed by atoms with Gasteiger partial charge in [-0.15, -0.1) is 0 Å². The summed E-state index contributed by atoms with van der Waals surface area (Å²) in [6.07, 6.45) is 0. The molecule has 0 saturated heterocycles. The molecule has 0 aliphatic rings. The lowest BCUT2D eigenvalue weighted by atomic mass is 10.2. The topological polar surface area (TPSA) is 79.4 Å². The number of halogens is 2. The summed E-state index contributed by atoms with van der Waals surface area (Å²) in [6, 6.07) is 9.05. The molecular formula is C14H8Cl2N2O3. The first kappa shape index (κ1) is 13.7. The highest BCUT2D eigenvalue weighted by Gasteiger charge is 2.15. The van der Waals surface area contributed by atoms with Gasteiger partial charge in [0.2, 0.25) is 5.82 Å². The highest BCUT2D eigenvalue weighted by Crippen LogP contribution is 2.33. The molecule has 0 aliphatic carbocycles. The van der Waals surface area contributed by atoms with Gasteiger partial charge in [0.1, 0.15) is 11.5 Å². The summed E-state index contributed by atoms with van der Waals surface area (Å²) in [5.74, 6) is 0.240. The van der Waals surface area contributed by atoms with Crippen LogP contribution in [0.4, 0.5) is 0 Å². The molecule has 0 fully saturated rings. The van der Waals surface area contributed by atoms with Crippen molar-refractivity contribution < 1.29 is 14.7 Å². The minimum atomic E-state index is -0.153. The van der Waals surface area contributed by atoms with E-state index >= 15 is 0 Å². The first-order valence-corrected chi connectivity index (χ1v) is 6.61. The van der Waals surface area contributed by atoms with Crippen LogP contribution >= 0.6 is 23.2 Å². The fourth-order valence-corrected chi connectivity index (χ4v) is 2.08. The average molecular weight is 323 g/mol. The second-order valence-corrected chi connectivity index (χ2v) is 5.07. The van der Waals surface area contributed by atoms with Gasteiger partial charge in [-0.05, 0) is 30.3 Å². The molecule has 1 aromatic heterocycles. The summed E-state index contributed by atoms with van der Waals surface area (Å²) in [7, 11) is 0. The summed E-state index contributed by atoms with van der Waals surface area (Å²) in [6.45, 7) is 0. The second kappa shape index (κ2) is 5.27. The number of benzene rings is 2. The lowest BCUT2D eigenvalue weighted by Gasteiger charge is -1.99. The summed E-state index contributed by atoms with van der Waals surface area (Å²) in [4.78, 5) is 4.19. The van der Waals surface area contributed by atoms with Crippen molar-refractivity contribution >= 4 is 23.2 Å². The minimum absolute atomic E-state index is 0.0551. The van der Waals surface area contributed by atoms with Crippen LogP contribution in [0.5, 0.6) is 11.5 Å².